The van der Waals surface area contributed by atoms with Gasteiger partial charge in [-0.2, -0.15) is 5.10 Å². The van der Waals surface area contributed by atoms with E-state index in [-0.39, 0.29) is 11.7 Å². The molecule has 0 aliphatic rings. The topological polar surface area (TPSA) is 69.0 Å². The van der Waals surface area contributed by atoms with Crippen molar-refractivity contribution in [1.82, 2.24) is 20.1 Å². The molecule has 7 heteroatoms. The van der Waals surface area contributed by atoms with Crippen LogP contribution in [0.3, 0.4) is 0 Å². The fraction of sp³-hybridized carbons (Fsp3) is 0.211. The van der Waals surface area contributed by atoms with Crippen LogP contribution in [0.1, 0.15) is 28.5 Å². The fourth-order valence-corrected chi connectivity index (χ4v) is 2.72. The third-order valence-corrected chi connectivity index (χ3v) is 4.00. The van der Waals surface area contributed by atoms with E-state index in [1.807, 2.05) is 13.0 Å². The van der Waals surface area contributed by atoms with Gasteiger partial charge in [0.05, 0.1) is 30.3 Å². The molecule has 26 heavy (non-hydrogen) atoms. The molecule has 0 aliphatic carbocycles. The SMILES string of the molecule is CCc1c(C(=O)NCc2cccnc2OC)cnn1-c1ccc(F)cc1. The lowest BCUT2D eigenvalue weighted by Gasteiger charge is -2.10. The van der Waals surface area contributed by atoms with Gasteiger partial charge in [0.2, 0.25) is 5.88 Å². The molecule has 0 bridgehead atoms. The van der Waals surface area contributed by atoms with E-state index in [4.69, 9.17) is 4.74 Å². The molecule has 1 aromatic carbocycles. The molecule has 0 spiro atoms. The highest BCUT2D eigenvalue weighted by molar-refractivity contribution is 5.95. The van der Waals surface area contributed by atoms with Crippen LogP contribution in [0.25, 0.3) is 5.69 Å². The molecule has 3 rings (SSSR count). The largest absolute Gasteiger partial charge is 0.481 e. The van der Waals surface area contributed by atoms with Crippen LogP contribution < -0.4 is 10.1 Å². The summed E-state index contributed by atoms with van der Waals surface area (Å²) in [5.41, 5.74) is 2.73. The number of ether oxygens (including phenoxy) is 1. The average molecular weight is 354 g/mol. The van der Waals surface area contributed by atoms with Gasteiger partial charge in [-0.05, 0) is 36.8 Å². The minimum absolute atomic E-state index is 0.235. The Labute approximate surface area is 150 Å². The number of benzene rings is 1. The highest BCUT2D eigenvalue weighted by Crippen LogP contribution is 2.17. The van der Waals surface area contributed by atoms with E-state index >= 15 is 0 Å². The fourth-order valence-electron chi connectivity index (χ4n) is 2.72. The summed E-state index contributed by atoms with van der Waals surface area (Å²) in [6.45, 7) is 2.23. The zero-order chi connectivity index (χ0) is 18.5. The third kappa shape index (κ3) is 3.56. The van der Waals surface area contributed by atoms with Crippen molar-refractivity contribution < 1.29 is 13.9 Å². The predicted octanol–water partition coefficient (Wildman–Crippen LogP) is 2.91. The normalized spacial score (nSPS) is 10.6. The Morgan fingerprint density at radius 2 is 2.04 bits per heavy atom. The van der Waals surface area contributed by atoms with Crippen molar-refractivity contribution in [3.05, 3.63) is 71.4 Å². The number of carbonyl (C=O) groups is 1. The molecule has 1 N–H and O–H groups in total. The third-order valence-electron chi connectivity index (χ3n) is 4.00. The summed E-state index contributed by atoms with van der Waals surface area (Å²) in [5.74, 6) is -0.0750. The average Bonchev–Trinajstić information content (AvgIpc) is 3.11. The van der Waals surface area contributed by atoms with Gasteiger partial charge in [0.1, 0.15) is 5.82 Å². The maximum absolute atomic E-state index is 13.1. The first-order valence-corrected chi connectivity index (χ1v) is 8.23. The van der Waals surface area contributed by atoms with Crippen molar-refractivity contribution in [1.29, 1.82) is 0 Å². The van der Waals surface area contributed by atoms with Crippen molar-refractivity contribution in [2.24, 2.45) is 0 Å². The van der Waals surface area contributed by atoms with Gasteiger partial charge in [-0.3, -0.25) is 4.79 Å². The van der Waals surface area contributed by atoms with Gasteiger partial charge in [-0.1, -0.05) is 13.0 Å². The van der Waals surface area contributed by atoms with Gasteiger partial charge in [0.25, 0.3) is 5.91 Å². The van der Waals surface area contributed by atoms with Gasteiger partial charge < -0.3 is 10.1 Å². The van der Waals surface area contributed by atoms with E-state index in [2.05, 4.69) is 15.4 Å². The van der Waals surface area contributed by atoms with Crippen LogP contribution in [0.4, 0.5) is 4.39 Å². The Hall–Kier alpha value is -3.22. The van der Waals surface area contributed by atoms with Crippen LogP contribution in [-0.2, 0) is 13.0 Å². The van der Waals surface area contributed by atoms with Crippen LogP contribution >= 0.6 is 0 Å². The molecular formula is C19H19FN4O2. The van der Waals surface area contributed by atoms with Crippen molar-refractivity contribution >= 4 is 5.91 Å². The summed E-state index contributed by atoms with van der Waals surface area (Å²) in [7, 11) is 1.54. The number of pyridine rings is 1. The Morgan fingerprint density at radius 1 is 1.27 bits per heavy atom. The van der Waals surface area contributed by atoms with E-state index in [1.165, 1.54) is 25.4 Å². The minimum atomic E-state index is -0.317. The predicted molar refractivity (Wildman–Crippen MR) is 94.9 cm³/mol. The molecule has 1 amide bonds. The van der Waals surface area contributed by atoms with Gasteiger partial charge in [0.15, 0.2) is 0 Å². The second-order valence-electron chi connectivity index (χ2n) is 5.60. The molecule has 2 heterocycles. The van der Waals surface area contributed by atoms with Gasteiger partial charge in [-0.25, -0.2) is 14.1 Å². The standard InChI is InChI=1S/C19H19FN4O2/c1-3-17-16(12-23-24(17)15-8-6-14(20)7-9-15)18(25)22-11-13-5-4-10-21-19(13)26-2/h4-10,12H,3,11H2,1-2H3,(H,22,25). The zero-order valence-electron chi connectivity index (χ0n) is 14.6. The summed E-state index contributed by atoms with van der Waals surface area (Å²) >= 11 is 0. The van der Waals surface area contributed by atoms with E-state index in [0.29, 0.717) is 30.1 Å². The molecule has 2 aromatic heterocycles. The molecule has 0 fully saturated rings. The molecule has 0 saturated carbocycles. The summed E-state index contributed by atoms with van der Waals surface area (Å²) in [5, 5.41) is 7.16. The quantitative estimate of drug-likeness (QED) is 0.739. The molecule has 0 unspecified atom stereocenters. The second-order valence-corrected chi connectivity index (χ2v) is 5.60. The van der Waals surface area contributed by atoms with Gasteiger partial charge in [-0.15, -0.1) is 0 Å². The molecule has 0 saturated heterocycles. The molecule has 0 atom stereocenters. The van der Waals surface area contributed by atoms with E-state index in [1.54, 1.807) is 29.1 Å². The summed E-state index contributed by atoms with van der Waals surface area (Å²) in [6.07, 6.45) is 3.76. The lowest BCUT2D eigenvalue weighted by Crippen LogP contribution is -2.24. The van der Waals surface area contributed by atoms with Crippen molar-refractivity contribution in [3.8, 4) is 11.6 Å². The Kier molecular flexibility index (Phi) is 5.26. The van der Waals surface area contributed by atoms with E-state index < -0.39 is 0 Å². The Morgan fingerprint density at radius 3 is 2.73 bits per heavy atom. The first kappa shape index (κ1) is 17.6. The number of amides is 1. The summed E-state index contributed by atoms with van der Waals surface area (Å²) < 4.78 is 20.0. The zero-order valence-corrected chi connectivity index (χ0v) is 14.6. The number of halogens is 1. The molecule has 6 nitrogen and oxygen atoms in total. The van der Waals surface area contributed by atoms with Crippen LogP contribution in [-0.4, -0.2) is 27.8 Å². The molecule has 3 aromatic rings. The van der Waals surface area contributed by atoms with Gasteiger partial charge >= 0.3 is 0 Å². The molecular weight excluding hydrogens is 335 g/mol. The number of rotatable bonds is 6. The molecule has 134 valence electrons. The van der Waals surface area contributed by atoms with Crippen molar-refractivity contribution in [2.75, 3.05) is 7.11 Å². The Bertz CT molecular complexity index is 906. The highest BCUT2D eigenvalue weighted by Gasteiger charge is 2.17. The maximum Gasteiger partial charge on any atom is 0.255 e. The maximum atomic E-state index is 13.1. The molecule has 0 radical (unpaired) electrons. The van der Waals surface area contributed by atoms with Crippen LogP contribution in [0.2, 0.25) is 0 Å². The summed E-state index contributed by atoms with van der Waals surface area (Å²) in [6, 6.07) is 9.62. The lowest BCUT2D eigenvalue weighted by molar-refractivity contribution is 0.0949. The van der Waals surface area contributed by atoms with E-state index in [9.17, 15) is 9.18 Å². The Balaban J connectivity index is 1.80. The smallest absolute Gasteiger partial charge is 0.255 e. The molecule has 0 aliphatic heterocycles. The minimum Gasteiger partial charge on any atom is -0.481 e. The first-order valence-electron chi connectivity index (χ1n) is 8.23. The highest BCUT2D eigenvalue weighted by atomic mass is 19.1. The van der Waals surface area contributed by atoms with Crippen molar-refractivity contribution in [3.63, 3.8) is 0 Å². The van der Waals surface area contributed by atoms with Gasteiger partial charge in [0, 0.05) is 18.3 Å². The van der Waals surface area contributed by atoms with Crippen molar-refractivity contribution in [2.45, 2.75) is 19.9 Å². The number of hydrogen-bond acceptors (Lipinski definition) is 4. The van der Waals surface area contributed by atoms with E-state index in [0.717, 1.165) is 11.3 Å². The number of carbonyl (C=O) groups excluding carboxylic acids is 1. The lowest BCUT2D eigenvalue weighted by atomic mass is 10.1. The number of methoxy groups -OCH3 is 1. The van der Waals surface area contributed by atoms with Crippen LogP contribution in [0, 0.1) is 5.82 Å². The number of nitrogens with one attached hydrogen (secondary N) is 1. The summed E-state index contributed by atoms with van der Waals surface area (Å²) in [4.78, 5) is 16.7. The first-order chi connectivity index (χ1) is 12.6. The van der Waals surface area contributed by atoms with Crippen LogP contribution in [0.15, 0.2) is 48.8 Å². The monoisotopic (exact) mass is 354 g/mol. The second kappa shape index (κ2) is 7.77. The van der Waals surface area contributed by atoms with Crippen LogP contribution in [0.5, 0.6) is 5.88 Å². The number of aromatic nitrogens is 3. The number of hydrogen-bond donors (Lipinski definition) is 1. The number of nitrogens with zero attached hydrogens (tertiary/aromatic N) is 3.